The molecule has 2 aliphatic heterocycles. The van der Waals surface area contributed by atoms with Gasteiger partial charge in [-0.05, 0) is 79.4 Å². The molecular formula is C31H46N4O6. The fourth-order valence-electron chi connectivity index (χ4n) is 4.51. The Morgan fingerprint density at radius 3 is 1.85 bits per heavy atom. The van der Waals surface area contributed by atoms with Crippen LogP contribution >= 0.6 is 0 Å². The zero-order chi connectivity index (χ0) is 30.4. The molecule has 0 fully saturated rings. The van der Waals surface area contributed by atoms with Crippen molar-refractivity contribution in [3.05, 3.63) is 57.1 Å². The summed E-state index contributed by atoms with van der Waals surface area (Å²) in [7, 11) is 0. The van der Waals surface area contributed by atoms with Crippen LogP contribution in [0.4, 0.5) is 9.59 Å². The predicted molar refractivity (Wildman–Crippen MR) is 157 cm³/mol. The first-order valence-electron chi connectivity index (χ1n) is 14.4. The largest absolute Gasteiger partial charge is 0.475 e. The molecule has 0 saturated heterocycles. The molecule has 0 spiro atoms. The molecule has 10 heteroatoms. The van der Waals surface area contributed by atoms with Crippen molar-refractivity contribution in [3.8, 4) is 5.88 Å². The van der Waals surface area contributed by atoms with Gasteiger partial charge in [0.2, 0.25) is 11.4 Å². The number of hydrogen-bond donors (Lipinski definition) is 1. The molecule has 2 aromatic heterocycles. The van der Waals surface area contributed by atoms with E-state index in [9.17, 15) is 14.4 Å². The van der Waals surface area contributed by atoms with Crippen LogP contribution in [0.2, 0.25) is 0 Å². The second-order valence-electron chi connectivity index (χ2n) is 12.7. The minimum Gasteiger partial charge on any atom is -0.475 e. The Bertz CT molecular complexity index is 1260. The molecule has 226 valence electrons. The monoisotopic (exact) mass is 570 g/mol. The molecule has 1 N–H and O–H groups in total. The van der Waals surface area contributed by atoms with Crippen molar-refractivity contribution in [2.24, 2.45) is 0 Å². The summed E-state index contributed by atoms with van der Waals surface area (Å²) in [5.41, 5.74) is 3.19. The lowest BCUT2D eigenvalue weighted by Gasteiger charge is -2.26. The first kappa shape index (κ1) is 32.0. The third-order valence-corrected chi connectivity index (χ3v) is 6.35. The number of aromatic amines is 1. The number of amides is 2. The van der Waals surface area contributed by atoms with E-state index in [4.69, 9.17) is 14.2 Å². The van der Waals surface area contributed by atoms with Crippen molar-refractivity contribution in [1.29, 1.82) is 0 Å². The van der Waals surface area contributed by atoms with Crippen molar-refractivity contribution in [2.45, 2.75) is 98.4 Å². The zero-order valence-electron chi connectivity index (χ0n) is 25.8. The highest BCUT2D eigenvalue weighted by molar-refractivity contribution is 5.68. The standard InChI is InChI=1S/C17H26N2O3.C14H20N2O3/c1-12(2)21-15-7-6-13-8-10-19(11-9-14(13)18-15)16(20)22-17(3,4)5;1-14(2,3)19-13(18)16-8-6-10-4-5-12(17)15-11(10)7-9-16/h6-7,12H,8-11H2,1-5H3;4-5H,6-9H2,1-3H3,(H,15,17). The molecule has 41 heavy (non-hydrogen) atoms. The Balaban J connectivity index is 0.000000228. The van der Waals surface area contributed by atoms with Crippen molar-refractivity contribution >= 4 is 12.2 Å². The molecule has 0 unspecified atom stereocenters. The highest BCUT2D eigenvalue weighted by atomic mass is 16.6. The van der Waals surface area contributed by atoms with Crippen LogP contribution in [0.3, 0.4) is 0 Å². The predicted octanol–water partition coefficient (Wildman–Crippen LogP) is 4.92. The Morgan fingerprint density at radius 2 is 1.29 bits per heavy atom. The Hall–Kier alpha value is -3.56. The molecule has 2 aromatic rings. The smallest absolute Gasteiger partial charge is 0.410 e. The number of carbonyl (C=O) groups is 2. The van der Waals surface area contributed by atoms with E-state index in [0.29, 0.717) is 38.5 Å². The lowest BCUT2D eigenvalue weighted by atomic mass is 10.1. The summed E-state index contributed by atoms with van der Waals surface area (Å²) in [6, 6.07) is 7.33. The molecule has 2 amide bonds. The van der Waals surface area contributed by atoms with Crippen molar-refractivity contribution in [3.63, 3.8) is 0 Å². The van der Waals surface area contributed by atoms with Gasteiger partial charge in [-0.2, -0.15) is 0 Å². The molecular weight excluding hydrogens is 524 g/mol. The normalized spacial score (nSPS) is 15.4. The van der Waals surface area contributed by atoms with Gasteiger partial charge in [0, 0.05) is 62.5 Å². The fourth-order valence-corrected chi connectivity index (χ4v) is 4.51. The second-order valence-corrected chi connectivity index (χ2v) is 12.7. The van der Waals surface area contributed by atoms with Crippen LogP contribution in [0.25, 0.3) is 0 Å². The van der Waals surface area contributed by atoms with E-state index in [0.717, 1.165) is 36.2 Å². The number of rotatable bonds is 2. The molecule has 4 heterocycles. The first-order valence-corrected chi connectivity index (χ1v) is 14.4. The number of H-pyrrole nitrogens is 1. The summed E-state index contributed by atoms with van der Waals surface area (Å²) < 4.78 is 16.5. The van der Waals surface area contributed by atoms with E-state index < -0.39 is 11.2 Å². The van der Waals surface area contributed by atoms with Crippen LogP contribution in [0.1, 0.15) is 77.9 Å². The number of nitrogens with zero attached hydrogens (tertiary/aromatic N) is 3. The number of nitrogens with one attached hydrogen (secondary N) is 1. The molecule has 0 aliphatic carbocycles. The number of fused-ring (bicyclic) bond motifs is 2. The minimum absolute atomic E-state index is 0.0931. The maximum absolute atomic E-state index is 12.2. The molecule has 2 aliphatic rings. The van der Waals surface area contributed by atoms with Crippen LogP contribution < -0.4 is 10.3 Å². The lowest BCUT2D eigenvalue weighted by Crippen LogP contribution is -2.38. The first-order chi connectivity index (χ1) is 19.1. The third-order valence-electron chi connectivity index (χ3n) is 6.35. The van der Waals surface area contributed by atoms with Gasteiger partial charge in [-0.3, -0.25) is 4.79 Å². The Labute approximate surface area is 243 Å². The van der Waals surface area contributed by atoms with Gasteiger partial charge >= 0.3 is 12.2 Å². The van der Waals surface area contributed by atoms with Gasteiger partial charge in [0.15, 0.2) is 0 Å². The Kier molecular flexibility index (Phi) is 10.4. The van der Waals surface area contributed by atoms with Crippen molar-refractivity contribution in [1.82, 2.24) is 19.8 Å². The van der Waals surface area contributed by atoms with Gasteiger partial charge in [0.25, 0.3) is 0 Å². The quantitative estimate of drug-likeness (QED) is 0.545. The molecule has 0 saturated carbocycles. The van der Waals surface area contributed by atoms with Crippen molar-refractivity contribution in [2.75, 3.05) is 26.2 Å². The maximum Gasteiger partial charge on any atom is 0.410 e. The second kappa shape index (κ2) is 13.4. The average molecular weight is 571 g/mol. The summed E-state index contributed by atoms with van der Waals surface area (Å²) >= 11 is 0. The molecule has 4 rings (SSSR count). The summed E-state index contributed by atoms with van der Waals surface area (Å²) in [4.78, 5) is 46.4. The van der Waals surface area contributed by atoms with E-state index in [1.54, 1.807) is 9.80 Å². The van der Waals surface area contributed by atoms with Crippen molar-refractivity contribution < 1.29 is 23.8 Å². The van der Waals surface area contributed by atoms with Crippen LogP contribution in [0.15, 0.2) is 29.1 Å². The molecule has 0 bridgehead atoms. The topological polar surface area (TPSA) is 114 Å². The lowest BCUT2D eigenvalue weighted by molar-refractivity contribution is 0.0247. The number of aromatic nitrogens is 2. The molecule has 0 aromatic carbocycles. The SMILES string of the molecule is CC(C)(C)OC(=O)N1CCc2ccc(=O)[nH]c2CC1.CC(C)Oc1ccc2c(n1)CCN(C(=O)OC(C)(C)C)CC2. The van der Waals surface area contributed by atoms with Crippen LogP contribution in [-0.4, -0.2) is 75.4 Å². The summed E-state index contributed by atoms with van der Waals surface area (Å²) in [5.74, 6) is 0.652. The van der Waals surface area contributed by atoms with Gasteiger partial charge in [-0.25, -0.2) is 14.6 Å². The van der Waals surface area contributed by atoms with Gasteiger partial charge in [-0.15, -0.1) is 0 Å². The summed E-state index contributed by atoms with van der Waals surface area (Å²) in [5, 5.41) is 0. The van der Waals surface area contributed by atoms with Gasteiger partial charge < -0.3 is 29.0 Å². The zero-order valence-corrected chi connectivity index (χ0v) is 25.8. The summed E-state index contributed by atoms with van der Waals surface area (Å²) in [6.45, 7) is 17.7. The molecule has 0 radical (unpaired) electrons. The van der Waals surface area contributed by atoms with Gasteiger partial charge in [-0.1, -0.05) is 12.1 Å². The highest BCUT2D eigenvalue weighted by Crippen LogP contribution is 2.20. The number of hydrogen-bond acceptors (Lipinski definition) is 7. The van der Waals surface area contributed by atoms with E-state index in [1.165, 1.54) is 11.6 Å². The number of pyridine rings is 2. The van der Waals surface area contributed by atoms with Crippen LogP contribution in [0.5, 0.6) is 5.88 Å². The number of ether oxygens (including phenoxy) is 3. The fraction of sp³-hybridized carbons (Fsp3) is 0.613. The van der Waals surface area contributed by atoms with Crippen LogP contribution in [0, 0.1) is 0 Å². The van der Waals surface area contributed by atoms with E-state index >= 15 is 0 Å². The number of carbonyl (C=O) groups excluding carboxylic acids is 2. The van der Waals surface area contributed by atoms with Gasteiger partial charge in [0.1, 0.15) is 11.2 Å². The van der Waals surface area contributed by atoms with E-state index in [2.05, 4.69) is 16.0 Å². The van der Waals surface area contributed by atoms with Gasteiger partial charge in [0.05, 0.1) is 6.10 Å². The third kappa shape index (κ3) is 10.4. The molecule has 10 nitrogen and oxygen atoms in total. The minimum atomic E-state index is -0.482. The maximum atomic E-state index is 12.2. The highest BCUT2D eigenvalue weighted by Gasteiger charge is 2.26. The van der Waals surface area contributed by atoms with E-state index in [1.807, 2.05) is 67.5 Å². The summed E-state index contributed by atoms with van der Waals surface area (Å²) in [6.07, 6.45) is 2.49. The average Bonchev–Trinajstić information content (AvgIpc) is 3.18. The molecule has 0 atom stereocenters. The Morgan fingerprint density at radius 1 is 0.780 bits per heavy atom. The van der Waals surface area contributed by atoms with Crippen LogP contribution in [-0.2, 0) is 35.2 Å². The van der Waals surface area contributed by atoms with E-state index in [-0.39, 0.29) is 23.8 Å².